The molecule has 5 heteroatoms. The van der Waals surface area contributed by atoms with Gasteiger partial charge >= 0.3 is 0 Å². The van der Waals surface area contributed by atoms with Crippen LogP contribution in [0, 0.1) is 0 Å². The number of pyridine rings is 1. The van der Waals surface area contributed by atoms with Gasteiger partial charge in [0.2, 0.25) is 0 Å². The van der Waals surface area contributed by atoms with Gasteiger partial charge in [-0.25, -0.2) is 4.98 Å². The monoisotopic (exact) mass is 319 g/mol. The van der Waals surface area contributed by atoms with Gasteiger partial charge in [0.05, 0.1) is 5.56 Å². The molecular weight excluding hydrogens is 306 g/mol. The fourth-order valence-electron chi connectivity index (χ4n) is 1.70. The van der Waals surface area contributed by atoms with E-state index in [0.717, 1.165) is 10.0 Å². The Morgan fingerprint density at radius 2 is 2.05 bits per heavy atom. The minimum atomic E-state index is -0.145. The number of rotatable bonds is 4. The van der Waals surface area contributed by atoms with Crippen LogP contribution in [-0.2, 0) is 6.54 Å². The van der Waals surface area contributed by atoms with E-state index in [1.807, 2.05) is 24.3 Å². The minimum absolute atomic E-state index is 0.145. The normalized spacial score (nSPS) is 10.0. The van der Waals surface area contributed by atoms with E-state index in [1.54, 1.807) is 25.4 Å². The maximum absolute atomic E-state index is 12.1. The first-order valence-corrected chi connectivity index (χ1v) is 6.66. The Morgan fingerprint density at radius 1 is 1.26 bits per heavy atom. The van der Waals surface area contributed by atoms with Crippen molar-refractivity contribution >= 4 is 27.7 Å². The molecule has 2 N–H and O–H groups in total. The van der Waals surface area contributed by atoms with Crippen LogP contribution in [0.3, 0.4) is 0 Å². The van der Waals surface area contributed by atoms with Gasteiger partial charge in [0.25, 0.3) is 5.91 Å². The number of nitrogens with zero attached hydrogens (tertiary/aromatic N) is 1. The van der Waals surface area contributed by atoms with E-state index in [4.69, 9.17) is 0 Å². The molecule has 0 atom stereocenters. The number of nitrogens with one attached hydrogen (secondary N) is 2. The van der Waals surface area contributed by atoms with Crippen molar-refractivity contribution in [2.24, 2.45) is 0 Å². The van der Waals surface area contributed by atoms with Crippen molar-refractivity contribution in [3.8, 4) is 0 Å². The van der Waals surface area contributed by atoms with Gasteiger partial charge < -0.3 is 10.6 Å². The van der Waals surface area contributed by atoms with E-state index >= 15 is 0 Å². The van der Waals surface area contributed by atoms with Crippen molar-refractivity contribution in [1.82, 2.24) is 10.3 Å². The number of benzene rings is 1. The van der Waals surface area contributed by atoms with Gasteiger partial charge in [-0.15, -0.1) is 0 Å². The first kappa shape index (κ1) is 13.5. The smallest absolute Gasteiger partial charge is 0.255 e. The second-order valence-electron chi connectivity index (χ2n) is 3.92. The van der Waals surface area contributed by atoms with Crippen molar-refractivity contribution in [3.63, 3.8) is 0 Å². The van der Waals surface area contributed by atoms with E-state index in [9.17, 15) is 4.79 Å². The predicted octanol–water partition coefficient (Wildman–Crippen LogP) is 2.82. The summed E-state index contributed by atoms with van der Waals surface area (Å²) in [5.74, 6) is 0.431. The van der Waals surface area contributed by atoms with Crippen LogP contribution in [0.25, 0.3) is 0 Å². The van der Waals surface area contributed by atoms with Gasteiger partial charge in [-0.1, -0.05) is 34.1 Å². The Hall–Kier alpha value is -1.88. The molecule has 2 aromatic rings. The van der Waals surface area contributed by atoms with Crippen LogP contribution < -0.4 is 10.6 Å². The van der Waals surface area contributed by atoms with Crippen LogP contribution >= 0.6 is 15.9 Å². The zero-order chi connectivity index (χ0) is 13.7. The van der Waals surface area contributed by atoms with Crippen molar-refractivity contribution < 1.29 is 4.79 Å². The number of carbonyl (C=O) groups is 1. The van der Waals surface area contributed by atoms with Crippen molar-refractivity contribution in [3.05, 3.63) is 58.2 Å². The van der Waals surface area contributed by atoms with Crippen molar-refractivity contribution in [1.29, 1.82) is 0 Å². The molecule has 0 aliphatic heterocycles. The predicted molar refractivity (Wildman–Crippen MR) is 79.1 cm³/mol. The van der Waals surface area contributed by atoms with Gasteiger partial charge in [-0.2, -0.15) is 0 Å². The van der Waals surface area contributed by atoms with Gasteiger partial charge in [0.15, 0.2) is 0 Å². The molecule has 0 bridgehead atoms. The Kier molecular flexibility index (Phi) is 4.52. The van der Waals surface area contributed by atoms with Gasteiger partial charge in [-0.05, 0) is 23.8 Å². The molecule has 4 nitrogen and oxygen atoms in total. The third-order valence-corrected chi connectivity index (χ3v) is 3.46. The first-order valence-electron chi connectivity index (χ1n) is 5.86. The molecule has 0 unspecified atom stereocenters. The molecule has 2 rings (SSSR count). The van der Waals surface area contributed by atoms with E-state index < -0.39 is 0 Å². The maximum atomic E-state index is 12.1. The third-order valence-electron chi connectivity index (χ3n) is 2.69. The highest BCUT2D eigenvalue weighted by Crippen LogP contribution is 2.16. The standard InChI is InChI=1S/C14H14BrN3O/c1-16-13-11(6-4-8-17-13)14(19)18-9-10-5-2-3-7-12(10)15/h2-8H,9H2,1H3,(H,16,17)(H,18,19). The summed E-state index contributed by atoms with van der Waals surface area (Å²) in [6.07, 6.45) is 1.65. The molecule has 0 fully saturated rings. The lowest BCUT2D eigenvalue weighted by molar-refractivity contribution is 0.0951. The molecule has 98 valence electrons. The summed E-state index contributed by atoms with van der Waals surface area (Å²) in [7, 11) is 1.74. The van der Waals surface area contributed by atoms with Gasteiger partial charge in [0.1, 0.15) is 5.82 Å². The lowest BCUT2D eigenvalue weighted by Gasteiger charge is -2.09. The first-order chi connectivity index (χ1) is 9.22. The summed E-state index contributed by atoms with van der Waals surface area (Å²) in [5.41, 5.74) is 1.57. The topological polar surface area (TPSA) is 54.0 Å². The number of anilines is 1. The molecule has 0 saturated heterocycles. The van der Waals surface area contributed by atoms with E-state index in [1.165, 1.54) is 0 Å². The molecule has 0 aliphatic carbocycles. The average Bonchev–Trinajstić information content (AvgIpc) is 2.46. The number of hydrogen-bond acceptors (Lipinski definition) is 3. The van der Waals surface area contributed by atoms with E-state index in [2.05, 4.69) is 31.5 Å². The molecule has 1 aromatic heterocycles. The number of aromatic nitrogens is 1. The van der Waals surface area contributed by atoms with Crippen molar-refractivity contribution in [2.45, 2.75) is 6.54 Å². The molecular formula is C14H14BrN3O. The Bertz CT molecular complexity index is 586. The summed E-state index contributed by atoms with van der Waals surface area (Å²) >= 11 is 3.45. The Labute approximate surface area is 120 Å². The van der Waals surface area contributed by atoms with Gasteiger partial charge in [0, 0.05) is 24.3 Å². The van der Waals surface area contributed by atoms with Crippen molar-refractivity contribution in [2.75, 3.05) is 12.4 Å². The maximum Gasteiger partial charge on any atom is 0.255 e. The highest BCUT2D eigenvalue weighted by molar-refractivity contribution is 9.10. The SMILES string of the molecule is CNc1ncccc1C(=O)NCc1ccccc1Br. The molecule has 0 radical (unpaired) electrons. The van der Waals surface area contributed by atoms with Crippen LogP contribution in [0.4, 0.5) is 5.82 Å². The lowest BCUT2D eigenvalue weighted by atomic mass is 10.2. The minimum Gasteiger partial charge on any atom is -0.372 e. The quantitative estimate of drug-likeness (QED) is 0.911. The Balaban J connectivity index is 2.08. The average molecular weight is 320 g/mol. The van der Waals surface area contributed by atoms with Crippen LogP contribution in [-0.4, -0.2) is 17.9 Å². The summed E-state index contributed by atoms with van der Waals surface area (Å²) < 4.78 is 0.982. The third kappa shape index (κ3) is 3.32. The van der Waals surface area contributed by atoms with Gasteiger partial charge in [-0.3, -0.25) is 4.79 Å². The zero-order valence-corrected chi connectivity index (χ0v) is 12.1. The molecule has 1 aromatic carbocycles. The highest BCUT2D eigenvalue weighted by Gasteiger charge is 2.11. The lowest BCUT2D eigenvalue weighted by Crippen LogP contribution is -2.24. The van der Waals surface area contributed by atoms with E-state index in [-0.39, 0.29) is 5.91 Å². The van der Waals surface area contributed by atoms with Crippen LogP contribution in [0.5, 0.6) is 0 Å². The van der Waals surface area contributed by atoms with Crippen LogP contribution in [0.1, 0.15) is 15.9 Å². The molecule has 19 heavy (non-hydrogen) atoms. The second-order valence-corrected chi connectivity index (χ2v) is 4.78. The summed E-state index contributed by atoms with van der Waals surface area (Å²) in [4.78, 5) is 16.2. The zero-order valence-electron chi connectivity index (χ0n) is 10.5. The number of carbonyl (C=O) groups excluding carboxylic acids is 1. The van der Waals surface area contributed by atoms with Crippen LogP contribution in [0.15, 0.2) is 47.1 Å². The largest absolute Gasteiger partial charge is 0.372 e. The second kappa shape index (κ2) is 6.33. The molecule has 0 spiro atoms. The fraction of sp³-hybridized carbons (Fsp3) is 0.143. The Morgan fingerprint density at radius 3 is 2.79 bits per heavy atom. The number of amides is 1. The summed E-state index contributed by atoms with van der Waals surface area (Å²) in [6, 6.07) is 11.3. The summed E-state index contributed by atoms with van der Waals surface area (Å²) in [6.45, 7) is 0.471. The highest BCUT2D eigenvalue weighted by atomic mass is 79.9. The number of halogens is 1. The molecule has 1 heterocycles. The van der Waals surface area contributed by atoms with E-state index in [0.29, 0.717) is 17.9 Å². The molecule has 0 saturated carbocycles. The number of hydrogen-bond donors (Lipinski definition) is 2. The van der Waals surface area contributed by atoms with Crippen LogP contribution in [0.2, 0.25) is 0 Å². The fourth-order valence-corrected chi connectivity index (χ4v) is 2.13. The molecule has 0 aliphatic rings. The summed E-state index contributed by atoms with van der Waals surface area (Å²) in [5, 5.41) is 5.79. The molecule has 1 amide bonds.